The normalized spacial score (nSPS) is 16.9. The molecule has 39 heavy (non-hydrogen) atoms. The summed E-state index contributed by atoms with van der Waals surface area (Å²) in [5.74, 6) is -3.40. The van der Waals surface area contributed by atoms with Crippen LogP contribution in [0.1, 0.15) is 28.5 Å². The number of carbonyl (C=O) groups is 2. The van der Waals surface area contributed by atoms with Gasteiger partial charge in [0.05, 0.1) is 17.9 Å². The number of alkyl halides is 6. The van der Waals surface area contributed by atoms with Crippen LogP contribution in [0.4, 0.5) is 26.3 Å². The van der Waals surface area contributed by atoms with E-state index >= 15 is 0 Å². The zero-order valence-corrected chi connectivity index (χ0v) is 21.5. The van der Waals surface area contributed by atoms with Crippen molar-refractivity contribution in [2.75, 3.05) is 39.8 Å². The highest BCUT2D eigenvalue weighted by molar-refractivity contribution is 5.73. The van der Waals surface area contributed by atoms with E-state index < -0.39 is 24.3 Å². The zero-order valence-electron chi connectivity index (χ0n) is 21.5. The Morgan fingerprint density at radius 3 is 1.87 bits per heavy atom. The molecule has 220 valence electrons. The van der Waals surface area contributed by atoms with Crippen molar-refractivity contribution in [2.45, 2.75) is 52.4 Å². The van der Waals surface area contributed by atoms with E-state index in [1.54, 1.807) is 0 Å². The first kappa shape index (κ1) is 32.0. The number of halogens is 6. The molecular formula is C22H30F6N6O5. The van der Waals surface area contributed by atoms with Crippen LogP contribution in [0, 0.1) is 13.8 Å². The quantitative estimate of drug-likeness (QED) is 0.528. The molecule has 0 saturated carbocycles. The number of carboxylic acid groups (broad SMARTS) is 2. The summed E-state index contributed by atoms with van der Waals surface area (Å²) >= 11 is 0. The van der Waals surface area contributed by atoms with Gasteiger partial charge >= 0.3 is 24.3 Å². The number of aliphatic carboxylic acids is 2. The molecule has 17 heteroatoms. The molecule has 0 radical (unpaired) electrons. The Morgan fingerprint density at radius 1 is 0.897 bits per heavy atom. The van der Waals surface area contributed by atoms with Crippen LogP contribution >= 0.6 is 0 Å². The van der Waals surface area contributed by atoms with E-state index in [2.05, 4.69) is 37.7 Å². The third-order valence-corrected chi connectivity index (χ3v) is 6.06. The maximum absolute atomic E-state index is 10.6. The van der Waals surface area contributed by atoms with Gasteiger partial charge in [0.25, 0.3) is 0 Å². The van der Waals surface area contributed by atoms with Crippen LogP contribution in [0.5, 0.6) is 0 Å². The topological polar surface area (TPSA) is 128 Å². The molecule has 0 unspecified atom stereocenters. The summed E-state index contributed by atoms with van der Waals surface area (Å²) in [5.41, 5.74) is 3.58. The summed E-state index contributed by atoms with van der Waals surface area (Å²) in [4.78, 5) is 29.9. The summed E-state index contributed by atoms with van der Waals surface area (Å²) in [6.45, 7) is 13.5. The highest BCUT2D eigenvalue weighted by atomic mass is 19.4. The highest BCUT2D eigenvalue weighted by Crippen LogP contribution is 2.21. The fourth-order valence-electron chi connectivity index (χ4n) is 3.82. The molecule has 2 N–H and O–H groups in total. The van der Waals surface area contributed by atoms with Gasteiger partial charge in [-0.1, -0.05) is 5.16 Å². The lowest BCUT2D eigenvalue weighted by Crippen LogP contribution is -2.44. The Balaban J connectivity index is 0.000000317. The first-order chi connectivity index (χ1) is 18.0. The van der Waals surface area contributed by atoms with Gasteiger partial charge in [-0.05, 0) is 20.9 Å². The van der Waals surface area contributed by atoms with E-state index in [0.29, 0.717) is 0 Å². The Kier molecular flexibility index (Phi) is 10.9. The predicted molar refractivity (Wildman–Crippen MR) is 122 cm³/mol. The number of likely N-dealkylation sites (N-methyl/N-ethyl adjacent to an activating group) is 1. The molecular weight excluding hydrogens is 542 g/mol. The fourth-order valence-corrected chi connectivity index (χ4v) is 3.82. The zero-order chi connectivity index (χ0) is 29.5. The molecule has 11 nitrogen and oxygen atoms in total. The molecule has 2 aliphatic heterocycles. The van der Waals surface area contributed by atoms with Gasteiger partial charge in [0.15, 0.2) is 0 Å². The number of piperazine rings is 1. The molecule has 0 spiro atoms. The monoisotopic (exact) mass is 572 g/mol. The van der Waals surface area contributed by atoms with Crippen LogP contribution in [0.25, 0.3) is 0 Å². The molecule has 1 fully saturated rings. The number of hydrogen-bond acceptors (Lipinski definition) is 8. The van der Waals surface area contributed by atoms with E-state index in [0.717, 1.165) is 70.4 Å². The second-order valence-electron chi connectivity index (χ2n) is 9.02. The van der Waals surface area contributed by atoms with E-state index in [1.165, 1.54) is 17.1 Å². The Labute approximate surface area is 219 Å². The third kappa shape index (κ3) is 9.81. The standard InChI is InChI=1S/C18H28N6O.2C2HF3O2/c1-14-17(15(2)25-20-14)12-23-8-9-24-16(10-19-18(24)13-23)11-22-6-4-21(3)5-7-22;2*3-2(4,5)1(6)7/h10H,4-9,11-13H2,1-3H3;2*(H,6,7). The van der Waals surface area contributed by atoms with Crippen LogP contribution in [-0.2, 0) is 35.8 Å². The van der Waals surface area contributed by atoms with Crippen LogP contribution in [0.15, 0.2) is 10.7 Å². The van der Waals surface area contributed by atoms with Crippen molar-refractivity contribution < 1.29 is 50.7 Å². The molecule has 0 bridgehead atoms. The summed E-state index contributed by atoms with van der Waals surface area (Å²) < 4.78 is 71.2. The van der Waals surface area contributed by atoms with Crippen molar-refractivity contribution in [1.82, 2.24) is 29.4 Å². The predicted octanol–water partition coefficient (Wildman–Crippen LogP) is 2.52. The van der Waals surface area contributed by atoms with Crippen LogP contribution in [0.3, 0.4) is 0 Å². The fraction of sp³-hybridized carbons (Fsp3) is 0.636. The molecule has 4 heterocycles. The molecule has 4 rings (SSSR count). The van der Waals surface area contributed by atoms with E-state index in [4.69, 9.17) is 29.3 Å². The van der Waals surface area contributed by atoms with Crippen LogP contribution in [-0.4, -0.2) is 104 Å². The molecule has 0 aromatic carbocycles. The SMILES string of the molecule is Cc1noc(C)c1CN1CCn2c(CN3CCN(C)CC3)cnc2C1.O=C(O)C(F)(F)F.O=C(O)C(F)(F)F. The number of aryl methyl sites for hydroxylation is 2. The minimum atomic E-state index is -5.08. The number of carboxylic acids is 2. The van der Waals surface area contributed by atoms with Gasteiger partial charge in [-0.15, -0.1) is 0 Å². The maximum Gasteiger partial charge on any atom is 0.490 e. The first-order valence-corrected chi connectivity index (χ1v) is 11.7. The number of imidazole rings is 1. The van der Waals surface area contributed by atoms with Crippen LogP contribution in [0.2, 0.25) is 0 Å². The third-order valence-electron chi connectivity index (χ3n) is 6.06. The van der Waals surface area contributed by atoms with Crippen LogP contribution < -0.4 is 0 Å². The summed E-state index contributed by atoms with van der Waals surface area (Å²) in [5, 5.41) is 18.3. The van der Waals surface area contributed by atoms with Gasteiger partial charge in [-0.2, -0.15) is 26.3 Å². The Bertz CT molecular complexity index is 1060. The van der Waals surface area contributed by atoms with Crippen molar-refractivity contribution in [3.8, 4) is 0 Å². The van der Waals surface area contributed by atoms with Gasteiger partial charge < -0.3 is 24.2 Å². The van der Waals surface area contributed by atoms with Crippen molar-refractivity contribution in [3.05, 3.63) is 34.7 Å². The second-order valence-corrected chi connectivity index (χ2v) is 9.02. The molecule has 0 atom stereocenters. The molecule has 0 amide bonds. The maximum atomic E-state index is 10.6. The molecule has 1 saturated heterocycles. The van der Waals surface area contributed by atoms with Gasteiger partial charge in [0.1, 0.15) is 11.6 Å². The summed E-state index contributed by atoms with van der Waals surface area (Å²) in [6, 6.07) is 0. The Morgan fingerprint density at radius 2 is 1.41 bits per heavy atom. The average Bonchev–Trinajstić information content (AvgIpc) is 3.37. The molecule has 2 aliphatic rings. The molecule has 2 aromatic rings. The average molecular weight is 573 g/mol. The first-order valence-electron chi connectivity index (χ1n) is 11.7. The van der Waals surface area contributed by atoms with Gasteiger partial charge in [-0.25, -0.2) is 14.6 Å². The van der Waals surface area contributed by atoms with Crippen molar-refractivity contribution >= 4 is 11.9 Å². The second kappa shape index (κ2) is 13.3. The van der Waals surface area contributed by atoms with Crippen molar-refractivity contribution in [1.29, 1.82) is 0 Å². The van der Waals surface area contributed by atoms with E-state index in [1.807, 2.05) is 13.8 Å². The van der Waals surface area contributed by atoms with Gasteiger partial charge in [0, 0.05) is 64.1 Å². The minimum Gasteiger partial charge on any atom is -0.475 e. The number of hydrogen-bond donors (Lipinski definition) is 2. The van der Waals surface area contributed by atoms with Crippen molar-refractivity contribution in [2.24, 2.45) is 0 Å². The highest BCUT2D eigenvalue weighted by Gasteiger charge is 2.38. The molecule has 2 aromatic heterocycles. The lowest BCUT2D eigenvalue weighted by atomic mass is 10.2. The van der Waals surface area contributed by atoms with Crippen molar-refractivity contribution in [3.63, 3.8) is 0 Å². The number of rotatable bonds is 4. The minimum absolute atomic E-state index is 0.891. The number of nitrogens with zero attached hydrogens (tertiary/aromatic N) is 6. The smallest absolute Gasteiger partial charge is 0.475 e. The number of aromatic nitrogens is 3. The Hall–Kier alpha value is -3.18. The molecule has 0 aliphatic carbocycles. The summed E-state index contributed by atoms with van der Waals surface area (Å²) in [6.07, 6.45) is -8.09. The van der Waals surface area contributed by atoms with Gasteiger partial charge in [-0.3, -0.25) is 9.80 Å². The van der Waals surface area contributed by atoms with E-state index in [9.17, 15) is 26.3 Å². The summed E-state index contributed by atoms with van der Waals surface area (Å²) in [7, 11) is 2.20. The lowest BCUT2D eigenvalue weighted by Gasteiger charge is -2.33. The largest absolute Gasteiger partial charge is 0.490 e. The lowest BCUT2D eigenvalue weighted by molar-refractivity contribution is -0.193. The van der Waals surface area contributed by atoms with Gasteiger partial charge in [0.2, 0.25) is 0 Å². The number of fused-ring (bicyclic) bond motifs is 1. The van der Waals surface area contributed by atoms with E-state index in [-0.39, 0.29) is 0 Å².